The van der Waals surface area contributed by atoms with Crippen LogP contribution in [0.1, 0.15) is 10.4 Å². The number of nitrogens with zero attached hydrogens (tertiary/aromatic N) is 3. The van der Waals surface area contributed by atoms with Crippen LogP contribution in [0.3, 0.4) is 0 Å². The average Bonchev–Trinajstić information content (AvgIpc) is 2.96. The summed E-state index contributed by atoms with van der Waals surface area (Å²) in [7, 11) is 0. The zero-order valence-electron chi connectivity index (χ0n) is 11.1. The molecule has 6 heteroatoms. The van der Waals surface area contributed by atoms with Crippen molar-refractivity contribution in [1.82, 2.24) is 15.0 Å². The van der Waals surface area contributed by atoms with Crippen LogP contribution in [0.4, 0.5) is 0 Å². The van der Waals surface area contributed by atoms with Crippen LogP contribution in [0.25, 0.3) is 10.9 Å². The van der Waals surface area contributed by atoms with E-state index in [9.17, 15) is 4.79 Å². The molecule has 0 radical (unpaired) electrons. The van der Waals surface area contributed by atoms with Crippen molar-refractivity contribution in [2.24, 2.45) is 5.73 Å². The van der Waals surface area contributed by atoms with E-state index in [1.54, 1.807) is 12.1 Å². The van der Waals surface area contributed by atoms with Crippen molar-refractivity contribution in [2.45, 2.75) is 6.54 Å². The molecule has 0 bridgehead atoms. The standard InChI is InChI=1S/C15H12N4OS/c16-7-3-4-11-8-12(21-10-11)9-19-15(20)13-5-1-2-6-14(13)17-18-19/h1-2,5-6,8,10H,7,9,16H2. The van der Waals surface area contributed by atoms with Gasteiger partial charge in [-0.15, -0.1) is 16.4 Å². The Balaban J connectivity index is 1.93. The van der Waals surface area contributed by atoms with Crippen molar-refractivity contribution in [2.75, 3.05) is 6.54 Å². The molecule has 104 valence electrons. The molecule has 2 heterocycles. The molecule has 21 heavy (non-hydrogen) atoms. The first kappa shape index (κ1) is 13.5. The Morgan fingerprint density at radius 2 is 2.19 bits per heavy atom. The normalized spacial score (nSPS) is 10.3. The first-order valence-corrected chi connectivity index (χ1v) is 7.25. The van der Waals surface area contributed by atoms with Crippen molar-refractivity contribution in [3.05, 3.63) is 56.5 Å². The SMILES string of the molecule is NCC#Cc1csc(Cn2nnc3ccccc3c2=O)c1. The molecule has 0 aliphatic rings. The summed E-state index contributed by atoms with van der Waals surface area (Å²) in [5, 5.41) is 10.6. The molecule has 3 aromatic rings. The Morgan fingerprint density at radius 3 is 3.05 bits per heavy atom. The van der Waals surface area contributed by atoms with E-state index >= 15 is 0 Å². The van der Waals surface area contributed by atoms with Crippen LogP contribution in [-0.4, -0.2) is 21.5 Å². The van der Waals surface area contributed by atoms with Crippen LogP contribution in [0.5, 0.6) is 0 Å². The minimum Gasteiger partial charge on any atom is -0.320 e. The molecule has 1 aromatic carbocycles. The highest BCUT2D eigenvalue weighted by Crippen LogP contribution is 2.14. The number of thiophene rings is 1. The second kappa shape index (κ2) is 5.87. The maximum absolute atomic E-state index is 12.3. The zero-order chi connectivity index (χ0) is 14.7. The van der Waals surface area contributed by atoms with Crippen LogP contribution >= 0.6 is 11.3 Å². The monoisotopic (exact) mass is 296 g/mol. The highest BCUT2D eigenvalue weighted by atomic mass is 32.1. The first-order valence-electron chi connectivity index (χ1n) is 6.37. The number of fused-ring (bicyclic) bond motifs is 1. The third kappa shape index (κ3) is 2.84. The molecule has 3 rings (SSSR count). The average molecular weight is 296 g/mol. The molecule has 0 fully saturated rings. The minimum absolute atomic E-state index is 0.136. The van der Waals surface area contributed by atoms with Crippen LogP contribution in [0.15, 0.2) is 40.5 Å². The first-order chi connectivity index (χ1) is 10.3. The fourth-order valence-electron chi connectivity index (χ4n) is 1.96. The summed E-state index contributed by atoms with van der Waals surface area (Å²) in [4.78, 5) is 13.3. The quantitative estimate of drug-likeness (QED) is 0.721. The molecule has 0 unspecified atom stereocenters. The summed E-state index contributed by atoms with van der Waals surface area (Å²) in [6.07, 6.45) is 0. The third-order valence-corrected chi connectivity index (χ3v) is 3.84. The van der Waals surface area contributed by atoms with Crippen LogP contribution in [0.2, 0.25) is 0 Å². The molecule has 0 aliphatic heterocycles. The topological polar surface area (TPSA) is 73.8 Å². The Morgan fingerprint density at radius 1 is 1.33 bits per heavy atom. The molecular weight excluding hydrogens is 284 g/mol. The smallest absolute Gasteiger partial charge is 0.277 e. The van der Waals surface area contributed by atoms with E-state index in [1.165, 1.54) is 16.0 Å². The molecular formula is C15H12N4OS. The molecule has 2 aromatic heterocycles. The lowest BCUT2D eigenvalue weighted by Gasteiger charge is -2.02. The van der Waals surface area contributed by atoms with Crippen molar-refractivity contribution in [3.8, 4) is 11.8 Å². The maximum Gasteiger partial charge on any atom is 0.277 e. The molecule has 2 N–H and O–H groups in total. The fraction of sp³-hybridized carbons (Fsp3) is 0.133. The number of nitrogens with two attached hydrogens (primary N) is 1. The summed E-state index contributed by atoms with van der Waals surface area (Å²) in [5.74, 6) is 5.77. The predicted molar refractivity (Wildman–Crippen MR) is 83.2 cm³/mol. The number of hydrogen-bond acceptors (Lipinski definition) is 5. The van der Waals surface area contributed by atoms with E-state index in [0.717, 1.165) is 10.4 Å². The van der Waals surface area contributed by atoms with E-state index in [0.29, 0.717) is 24.0 Å². The second-order valence-electron chi connectivity index (χ2n) is 4.38. The van der Waals surface area contributed by atoms with Gasteiger partial charge in [-0.3, -0.25) is 4.79 Å². The summed E-state index contributed by atoms with van der Waals surface area (Å²) in [5.41, 5.74) is 6.73. The van der Waals surface area contributed by atoms with Gasteiger partial charge in [-0.05, 0) is 18.2 Å². The highest BCUT2D eigenvalue weighted by Gasteiger charge is 2.06. The van der Waals surface area contributed by atoms with E-state index in [2.05, 4.69) is 22.2 Å². The van der Waals surface area contributed by atoms with E-state index in [4.69, 9.17) is 5.73 Å². The lowest BCUT2D eigenvalue weighted by atomic mass is 10.2. The van der Waals surface area contributed by atoms with Crippen LogP contribution in [-0.2, 0) is 6.54 Å². The van der Waals surface area contributed by atoms with Gasteiger partial charge < -0.3 is 5.73 Å². The van der Waals surface area contributed by atoms with Crippen molar-refractivity contribution < 1.29 is 0 Å². The van der Waals surface area contributed by atoms with E-state index in [1.807, 2.05) is 23.6 Å². The number of hydrogen-bond donors (Lipinski definition) is 1. The van der Waals surface area contributed by atoms with Gasteiger partial charge in [0.2, 0.25) is 0 Å². The van der Waals surface area contributed by atoms with Gasteiger partial charge in [-0.2, -0.15) is 0 Å². The van der Waals surface area contributed by atoms with Gasteiger partial charge in [-0.1, -0.05) is 29.2 Å². The number of rotatable bonds is 2. The fourth-order valence-corrected chi connectivity index (χ4v) is 2.75. The Labute approximate surface area is 125 Å². The maximum atomic E-state index is 12.3. The van der Waals surface area contributed by atoms with E-state index < -0.39 is 0 Å². The predicted octanol–water partition coefficient (Wildman–Crippen LogP) is 1.21. The molecule has 0 aliphatic carbocycles. The zero-order valence-corrected chi connectivity index (χ0v) is 11.9. The Hall–Kier alpha value is -2.49. The van der Waals surface area contributed by atoms with Gasteiger partial charge in [0.15, 0.2) is 0 Å². The van der Waals surface area contributed by atoms with Gasteiger partial charge in [0.05, 0.1) is 18.5 Å². The Kier molecular flexibility index (Phi) is 3.77. The van der Waals surface area contributed by atoms with Crippen molar-refractivity contribution in [1.29, 1.82) is 0 Å². The summed E-state index contributed by atoms with van der Waals surface area (Å²) >= 11 is 1.54. The summed E-state index contributed by atoms with van der Waals surface area (Å²) in [6.45, 7) is 0.729. The largest absolute Gasteiger partial charge is 0.320 e. The molecule has 0 spiro atoms. The molecule has 0 amide bonds. The highest BCUT2D eigenvalue weighted by molar-refractivity contribution is 7.10. The Bertz CT molecular complexity index is 901. The molecule has 0 saturated carbocycles. The lowest BCUT2D eigenvalue weighted by molar-refractivity contribution is 0.606. The summed E-state index contributed by atoms with van der Waals surface area (Å²) in [6, 6.07) is 9.13. The minimum atomic E-state index is -0.136. The second-order valence-corrected chi connectivity index (χ2v) is 5.37. The molecule has 0 saturated heterocycles. The van der Waals surface area contributed by atoms with Gasteiger partial charge in [0.25, 0.3) is 5.56 Å². The summed E-state index contributed by atoms with van der Waals surface area (Å²) < 4.78 is 1.37. The van der Waals surface area contributed by atoms with Crippen LogP contribution in [0, 0.1) is 11.8 Å². The van der Waals surface area contributed by atoms with Gasteiger partial charge in [-0.25, -0.2) is 4.68 Å². The lowest BCUT2D eigenvalue weighted by Crippen LogP contribution is -2.24. The van der Waals surface area contributed by atoms with Gasteiger partial charge in [0.1, 0.15) is 5.52 Å². The number of aromatic nitrogens is 3. The van der Waals surface area contributed by atoms with Gasteiger partial charge >= 0.3 is 0 Å². The third-order valence-electron chi connectivity index (χ3n) is 2.92. The van der Waals surface area contributed by atoms with Gasteiger partial charge in [0, 0.05) is 15.8 Å². The molecule has 0 atom stereocenters. The van der Waals surface area contributed by atoms with Crippen molar-refractivity contribution >= 4 is 22.2 Å². The van der Waals surface area contributed by atoms with E-state index in [-0.39, 0.29) is 5.56 Å². The van der Waals surface area contributed by atoms with Crippen molar-refractivity contribution in [3.63, 3.8) is 0 Å². The number of benzene rings is 1. The van der Waals surface area contributed by atoms with Crippen LogP contribution < -0.4 is 11.3 Å². The molecule has 5 nitrogen and oxygen atoms in total.